The van der Waals surface area contributed by atoms with Gasteiger partial charge in [-0.25, -0.2) is 0 Å². The summed E-state index contributed by atoms with van der Waals surface area (Å²) in [6.45, 7) is -2.10. The zero-order valence-corrected chi connectivity index (χ0v) is 10.2. The number of Topliss-reactive ketones (excluding diaryl/α,β-unsaturated/α-hetero) is 1. The van der Waals surface area contributed by atoms with Crippen molar-refractivity contribution in [3.8, 4) is 5.75 Å². The molecule has 0 spiro atoms. The second kappa shape index (κ2) is 5.73. The summed E-state index contributed by atoms with van der Waals surface area (Å²) >= 11 is 5.47. The summed E-state index contributed by atoms with van der Waals surface area (Å²) in [7, 11) is 0. The van der Waals surface area contributed by atoms with Crippen molar-refractivity contribution >= 4 is 17.4 Å². The molecule has 0 aliphatic carbocycles. The number of hydrogen-bond donors (Lipinski definition) is 0. The fraction of sp³-hybridized carbons (Fsp3) is 0.364. The monoisotopic (exact) mass is 302 g/mol. The van der Waals surface area contributed by atoms with Crippen molar-refractivity contribution in [3.63, 3.8) is 0 Å². The van der Waals surface area contributed by atoms with Crippen molar-refractivity contribution in [1.82, 2.24) is 0 Å². The highest BCUT2D eigenvalue weighted by molar-refractivity contribution is 6.33. The molecule has 0 heterocycles. The summed E-state index contributed by atoms with van der Waals surface area (Å²) < 4.78 is 65.8. The van der Waals surface area contributed by atoms with Crippen molar-refractivity contribution in [2.45, 2.75) is 25.1 Å². The summed E-state index contributed by atoms with van der Waals surface area (Å²) in [6, 6.07) is 2.06. The summed E-state index contributed by atoms with van der Waals surface area (Å²) in [4.78, 5) is 11.5. The number of carbonyl (C=O) groups is 1. The van der Waals surface area contributed by atoms with E-state index >= 15 is 0 Å². The Morgan fingerprint density at radius 3 is 2.32 bits per heavy atom. The Bertz CT molecular complexity index is 471. The van der Waals surface area contributed by atoms with E-state index in [-0.39, 0.29) is 5.56 Å². The first-order valence-electron chi connectivity index (χ1n) is 4.97. The molecular weight excluding hydrogens is 295 g/mol. The van der Waals surface area contributed by atoms with Gasteiger partial charge in [-0.2, -0.15) is 22.0 Å². The van der Waals surface area contributed by atoms with E-state index in [2.05, 4.69) is 4.74 Å². The van der Waals surface area contributed by atoms with E-state index in [1.165, 1.54) is 6.92 Å². The lowest BCUT2D eigenvalue weighted by Crippen LogP contribution is -2.15. The van der Waals surface area contributed by atoms with Crippen molar-refractivity contribution in [2.75, 3.05) is 0 Å². The molecule has 1 rings (SSSR count). The van der Waals surface area contributed by atoms with Gasteiger partial charge in [0.2, 0.25) is 0 Å². The maximum Gasteiger partial charge on any atom is 0.419 e. The Morgan fingerprint density at radius 2 is 1.89 bits per heavy atom. The average Bonchev–Trinajstić information content (AvgIpc) is 2.26. The van der Waals surface area contributed by atoms with E-state index in [1.807, 2.05) is 0 Å². The molecule has 0 aliphatic heterocycles. The van der Waals surface area contributed by atoms with E-state index in [4.69, 9.17) is 11.6 Å². The zero-order valence-electron chi connectivity index (χ0n) is 9.47. The molecule has 1 atom stereocenters. The molecule has 0 saturated carbocycles. The van der Waals surface area contributed by atoms with Gasteiger partial charge in [0.15, 0.2) is 5.78 Å². The van der Waals surface area contributed by atoms with Crippen LogP contribution in [0.25, 0.3) is 0 Å². The number of hydrogen-bond acceptors (Lipinski definition) is 2. The van der Waals surface area contributed by atoms with Crippen molar-refractivity contribution in [1.29, 1.82) is 0 Å². The Balaban J connectivity index is 3.27. The molecule has 2 nitrogen and oxygen atoms in total. The van der Waals surface area contributed by atoms with Gasteiger partial charge in [0.1, 0.15) is 5.75 Å². The second-order valence-corrected chi connectivity index (χ2v) is 4.22. The average molecular weight is 303 g/mol. The minimum atomic E-state index is -4.92. The molecular formula is C11H8ClF5O2. The van der Waals surface area contributed by atoms with Crippen molar-refractivity contribution in [2.24, 2.45) is 0 Å². The topological polar surface area (TPSA) is 26.3 Å². The number of benzene rings is 1. The van der Waals surface area contributed by atoms with Crippen LogP contribution in [-0.2, 0) is 6.18 Å². The van der Waals surface area contributed by atoms with Gasteiger partial charge >= 0.3 is 12.8 Å². The third-order valence-corrected chi connectivity index (χ3v) is 2.35. The predicted octanol–water partition coefficient (Wildman–Crippen LogP) is 4.12. The quantitative estimate of drug-likeness (QED) is 0.475. The van der Waals surface area contributed by atoms with E-state index in [1.54, 1.807) is 0 Å². The SMILES string of the molecule is CC(Cl)C(=O)c1ccc(OC(F)F)c(C(F)(F)F)c1. The van der Waals surface area contributed by atoms with Crippen molar-refractivity contribution < 1.29 is 31.5 Å². The number of halogens is 6. The largest absolute Gasteiger partial charge is 0.434 e. The molecule has 1 aromatic carbocycles. The van der Waals surface area contributed by atoms with Crippen LogP contribution in [0.4, 0.5) is 22.0 Å². The van der Waals surface area contributed by atoms with Gasteiger partial charge in [-0.15, -0.1) is 11.6 Å². The van der Waals surface area contributed by atoms with Crippen LogP contribution in [0.2, 0.25) is 0 Å². The summed E-state index contributed by atoms with van der Waals surface area (Å²) in [6.07, 6.45) is -4.92. The smallest absolute Gasteiger partial charge is 0.419 e. The lowest BCUT2D eigenvalue weighted by atomic mass is 10.0. The minimum absolute atomic E-state index is 0.323. The van der Waals surface area contributed by atoms with Crippen LogP contribution in [0.5, 0.6) is 5.75 Å². The van der Waals surface area contributed by atoms with Gasteiger partial charge in [-0.3, -0.25) is 4.79 Å². The van der Waals surface area contributed by atoms with E-state index in [9.17, 15) is 26.7 Å². The lowest BCUT2D eigenvalue weighted by Gasteiger charge is -2.14. The molecule has 0 N–H and O–H groups in total. The minimum Gasteiger partial charge on any atom is -0.434 e. The molecule has 0 aliphatic rings. The standard InChI is InChI=1S/C11H8ClF5O2/c1-5(12)9(18)6-2-3-8(19-10(13)14)7(4-6)11(15,16)17/h2-5,10H,1H3. The molecule has 0 saturated heterocycles. The van der Waals surface area contributed by atoms with Crippen LogP contribution in [0.1, 0.15) is 22.8 Å². The first kappa shape index (κ1) is 15.7. The van der Waals surface area contributed by atoms with Crippen LogP contribution >= 0.6 is 11.6 Å². The molecule has 8 heteroatoms. The summed E-state index contributed by atoms with van der Waals surface area (Å²) in [5.41, 5.74) is -1.77. The highest BCUT2D eigenvalue weighted by Crippen LogP contribution is 2.37. The second-order valence-electron chi connectivity index (χ2n) is 3.57. The first-order valence-corrected chi connectivity index (χ1v) is 5.41. The number of ketones is 1. The van der Waals surface area contributed by atoms with E-state index < -0.39 is 35.3 Å². The van der Waals surface area contributed by atoms with E-state index in [0.717, 1.165) is 6.07 Å². The normalized spacial score (nSPS) is 13.5. The Hall–Kier alpha value is -1.37. The molecule has 1 aromatic rings. The number of alkyl halides is 6. The fourth-order valence-electron chi connectivity index (χ4n) is 1.33. The molecule has 0 aromatic heterocycles. The third-order valence-electron chi connectivity index (χ3n) is 2.15. The highest BCUT2D eigenvalue weighted by Gasteiger charge is 2.36. The third kappa shape index (κ3) is 4.05. The van der Waals surface area contributed by atoms with Gasteiger partial charge in [0.05, 0.1) is 10.9 Å². The Morgan fingerprint density at radius 1 is 1.32 bits per heavy atom. The van der Waals surface area contributed by atoms with Crippen molar-refractivity contribution in [3.05, 3.63) is 29.3 Å². The van der Waals surface area contributed by atoms with Gasteiger partial charge in [-0.05, 0) is 25.1 Å². The van der Waals surface area contributed by atoms with E-state index in [0.29, 0.717) is 12.1 Å². The maximum absolute atomic E-state index is 12.7. The molecule has 106 valence electrons. The summed E-state index contributed by atoms with van der Waals surface area (Å²) in [5.74, 6) is -1.78. The van der Waals surface area contributed by atoms with Crippen LogP contribution in [0.3, 0.4) is 0 Å². The van der Waals surface area contributed by atoms with Crippen LogP contribution in [-0.4, -0.2) is 17.8 Å². The predicted molar refractivity (Wildman–Crippen MR) is 57.7 cm³/mol. The Kier molecular flexibility index (Phi) is 4.73. The lowest BCUT2D eigenvalue weighted by molar-refractivity contribution is -0.141. The highest BCUT2D eigenvalue weighted by atomic mass is 35.5. The fourth-order valence-corrected chi connectivity index (χ4v) is 1.46. The van der Waals surface area contributed by atoms with Crippen LogP contribution < -0.4 is 4.74 Å². The maximum atomic E-state index is 12.7. The van der Waals surface area contributed by atoms with Gasteiger partial charge < -0.3 is 4.74 Å². The van der Waals surface area contributed by atoms with Gasteiger partial charge in [0.25, 0.3) is 0 Å². The number of carbonyl (C=O) groups excluding carboxylic acids is 1. The molecule has 0 fully saturated rings. The number of rotatable bonds is 4. The Labute approximate surface area is 110 Å². The van der Waals surface area contributed by atoms with Crippen LogP contribution in [0.15, 0.2) is 18.2 Å². The number of ether oxygens (including phenoxy) is 1. The molecule has 1 unspecified atom stereocenters. The molecule has 0 bridgehead atoms. The zero-order chi connectivity index (χ0) is 14.8. The van der Waals surface area contributed by atoms with Gasteiger partial charge in [0, 0.05) is 5.56 Å². The first-order chi connectivity index (χ1) is 8.62. The molecule has 0 amide bonds. The van der Waals surface area contributed by atoms with Gasteiger partial charge in [-0.1, -0.05) is 0 Å². The molecule has 19 heavy (non-hydrogen) atoms. The molecule has 0 radical (unpaired) electrons. The van der Waals surface area contributed by atoms with Crippen LogP contribution in [0, 0.1) is 0 Å². The summed E-state index contributed by atoms with van der Waals surface area (Å²) in [5, 5.41) is -1.03.